The summed E-state index contributed by atoms with van der Waals surface area (Å²) in [6.07, 6.45) is 1.58. The van der Waals surface area contributed by atoms with Crippen LogP contribution in [-0.2, 0) is 14.8 Å². The van der Waals surface area contributed by atoms with Crippen LogP contribution in [0, 0.1) is 5.92 Å². The number of carbonyl (C=O) groups is 1. The quantitative estimate of drug-likeness (QED) is 0.742. The number of fused-ring (bicyclic) bond motifs is 1. The number of hydrogen-bond donors (Lipinski definition) is 1. The van der Waals surface area contributed by atoms with Gasteiger partial charge < -0.3 is 5.32 Å². The van der Waals surface area contributed by atoms with Gasteiger partial charge in [-0.2, -0.15) is 4.31 Å². The molecule has 0 aliphatic carbocycles. The van der Waals surface area contributed by atoms with Crippen molar-refractivity contribution < 1.29 is 13.2 Å². The van der Waals surface area contributed by atoms with Crippen molar-refractivity contribution in [1.29, 1.82) is 0 Å². The topological polar surface area (TPSA) is 66.5 Å². The van der Waals surface area contributed by atoms with Crippen LogP contribution >= 0.6 is 0 Å². The van der Waals surface area contributed by atoms with Crippen molar-refractivity contribution in [3.8, 4) is 0 Å². The average Bonchev–Trinajstić information content (AvgIpc) is 2.60. The fourth-order valence-corrected chi connectivity index (χ4v) is 4.02. The van der Waals surface area contributed by atoms with Crippen molar-refractivity contribution >= 4 is 15.9 Å². The zero-order valence-corrected chi connectivity index (χ0v) is 10.5. The van der Waals surface area contributed by atoms with Crippen LogP contribution in [0.5, 0.6) is 0 Å². The molecule has 2 saturated heterocycles. The molecule has 6 heteroatoms. The van der Waals surface area contributed by atoms with Crippen molar-refractivity contribution in [3.05, 3.63) is 0 Å². The first-order chi connectivity index (χ1) is 7.44. The Labute approximate surface area is 96.2 Å². The Hall–Kier alpha value is -0.620. The molecule has 0 aromatic carbocycles. The van der Waals surface area contributed by atoms with Gasteiger partial charge in [-0.1, -0.05) is 0 Å². The summed E-state index contributed by atoms with van der Waals surface area (Å²) >= 11 is 0. The third kappa shape index (κ3) is 1.73. The molecular formula is C10H18N2O3S. The second kappa shape index (κ2) is 4.00. The standard InChI is InChI=1S/C10H18N2O3S/c1-7(2)16(14,15)12-5-3-4-8-9(12)6-11-10(8)13/h7-9H,3-6H2,1-2H3,(H,11,13). The van der Waals surface area contributed by atoms with Gasteiger partial charge in [0, 0.05) is 13.1 Å². The lowest BCUT2D eigenvalue weighted by Gasteiger charge is -2.35. The van der Waals surface area contributed by atoms with E-state index in [1.165, 1.54) is 4.31 Å². The first-order valence-electron chi connectivity index (χ1n) is 5.73. The first-order valence-corrected chi connectivity index (χ1v) is 7.23. The number of nitrogens with one attached hydrogen (secondary N) is 1. The van der Waals surface area contributed by atoms with Gasteiger partial charge in [-0.15, -0.1) is 0 Å². The maximum absolute atomic E-state index is 12.1. The van der Waals surface area contributed by atoms with Crippen molar-refractivity contribution in [2.75, 3.05) is 13.1 Å². The molecule has 0 aromatic heterocycles. The van der Waals surface area contributed by atoms with E-state index in [0.717, 1.165) is 12.8 Å². The van der Waals surface area contributed by atoms with E-state index in [4.69, 9.17) is 0 Å². The van der Waals surface area contributed by atoms with Gasteiger partial charge in [-0.3, -0.25) is 4.79 Å². The minimum Gasteiger partial charge on any atom is -0.354 e. The summed E-state index contributed by atoms with van der Waals surface area (Å²) in [5, 5.41) is 2.34. The molecule has 0 aromatic rings. The van der Waals surface area contributed by atoms with Gasteiger partial charge >= 0.3 is 0 Å². The molecule has 2 rings (SSSR count). The summed E-state index contributed by atoms with van der Waals surface area (Å²) in [4.78, 5) is 11.5. The minimum absolute atomic E-state index is 0.00801. The largest absolute Gasteiger partial charge is 0.354 e. The number of amides is 1. The third-order valence-electron chi connectivity index (χ3n) is 3.47. The monoisotopic (exact) mass is 246 g/mol. The van der Waals surface area contributed by atoms with Crippen molar-refractivity contribution in [3.63, 3.8) is 0 Å². The lowest BCUT2D eigenvalue weighted by Crippen LogP contribution is -2.50. The zero-order valence-electron chi connectivity index (χ0n) is 9.64. The first kappa shape index (κ1) is 11.9. The van der Waals surface area contributed by atoms with Gasteiger partial charge in [0.25, 0.3) is 0 Å². The van der Waals surface area contributed by atoms with Crippen LogP contribution in [0.4, 0.5) is 0 Å². The Morgan fingerprint density at radius 1 is 1.44 bits per heavy atom. The number of sulfonamides is 1. The van der Waals surface area contributed by atoms with Crippen LogP contribution in [-0.4, -0.2) is 43.0 Å². The van der Waals surface area contributed by atoms with Gasteiger partial charge in [0.05, 0.1) is 17.2 Å². The third-order valence-corrected chi connectivity index (χ3v) is 5.77. The fraction of sp³-hybridized carbons (Fsp3) is 0.900. The van der Waals surface area contributed by atoms with E-state index < -0.39 is 15.3 Å². The Kier molecular flexibility index (Phi) is 2.96. The van der Waals surface area contributed by atoms with Crippen LogP contribution < -0.4 is 5.32 Å². The molecule has 0 radical (unpaired) electrons. The Balaban J connectivity index is 2.26. The van der Waals surface area contributed by atoms with E-state index in [1.54, 1.807) is 13.8 Å². The maximum Gasteiger partial charge on any atom is 0.224 e. The maximum atomic E-state index is 12.1. The highest BCUT2D eigenvalue weighted by Crippen LogP contribution is 2.30. The van der Waals surface area contributed by atoms with Gasteiger partial charge in [-0.25, -0.2) is 8.42 Å². The van der Waals surface area contributed by atoms with Gasteiger partial charge in [-0.05, 0) is 26.7 Å². The fourth-order valence-electron chi connectivity index (χ4n) is 2.50. The van der Waals surface area contributed by atoms with E-state index in [1.807, 2.05) is 0 Å². The second-order valence-corrected chi connectivity index (χ2v) is 7.21. The van der Waals surface area contributed by atoms with E-state index >= 15 is 0 Å². The number of rotatable bonds is 2. The van der Waals surface area contributed by atoms with Crippen LogP contribution in [0.2, 0.25) is 0 Å². The molecule has 2 atom stereocenters. The van der Waals surface area contributed by atoms with Gasteiger partial charge in [0.1, 0.15) is 0 Å². The molecule has 2 heterocycles. The number of hydrogen-bond acceptors (Lipinski definition) is 3. The summed E-state index contributed by atoms with van der Waals surface area (Å²) in [5.74, 6) is -0.129. The van der Waals surface area contributed by atoms with Crippen LogP contribution in [0.3, 0.4) is 0 Å². The van der Waals surface area contributed by atoms with Crippen LogP contribution in [0.15, 0.2) is 0 Å². The summed E-state index contributed by atoms with van der Waals surface area (Å²) in [5.41, 5.74) is 0. The molecule has 2 aliphatic heterocycles. The molecule has 5 nitrogen and oxygen atoms in total. The predicted molar refractivity (Wildman–Crippen MR) is 60.3 cm³/mol. The lowest BCUT2D eigenvalue weighted by atomic mass is 9.93. The van der Waals surface area contributed by atoms with Gasteiger partial charge in [0.2, 0.25) is 15.9 Å². The number of piperidine rings is 1. The minimum atomic E-state index is -3.24. The molecule has 2 aliphatic rings. The summed E-state index contributed by atoms with van der Waals surface area (Å²) in [6, 6.07) is -0.159. The van der Waals surface area contributed by atoms with Crippen LogP contribution in [0.1, 0.15) is 26.7 Å². The van der Waals surface area contributed by atoms with E-state index in [0.29, 0.717) is 13.1 Å². The zero-order chi connectivity index (χ0) is 11.9. The van der Waals surface area contributed by atoms with Gasteiger partial charge in [0.15, 0.2) is 0 Å². The molecule has 1 N–H and O–H groups in total. The molecule has 16 heavy (non-hydrogen) atoms. The summed E-state index contributed by atoms with van der Waals surface area (Å²) in [6.45, 7) is 4.39. The Morgan fingerprint density at radius 3 is 2.75 bits per heavy atom. The summed E-state index contributed by atoms with van der Waals surface area (Å²) < 4.78 is 25.8. The van der Waals surface area contributed by atoms with Crippen molar-refractivity contribution in [2.24, 2.45) is 5.92 Å². The Morgan fingerprint density at radius 2 is 2.12 bits per heavy atom. The predicted octanol–water partition coefficient (Wildman–Crippen LogP) is -0.0650. The Bertz CT molecular complexity index is 391. The number of nitrogens with zero attached hydrogens (tertiary/aromatic N) is 1. The normalized spacial score (nSPS) is 31.6. The molecule has 1 amide bonds. The van der Waals surface area contributed by atoms with Crippen molar-refractivity contribution in [2.45, 2.75) is 38.0 Å². The molecule has 0 spiro atoms. The highest BCUT2D eigenvalue weighted by Gasteiger charge is 2.45. The van der Waals surface area contributed by atoms with Crippen molar-refractivity contribution in [1.82, 2.24) is 9.62 Å². The van der Waals surface area contributed by atoms with E-state index in [2.05, 4.69) is 5.32 Å². The highest BCUT2D eigenvalue weighted by atomic mass is 32.2. The van der Waals surface area contributed by atoms with Crippen LogP contribution in [0.25, 0.3) is 0 Å². The van der Waals surface area contributed by atoms with E-state index in [-0.39, 0.29) is 17.9 Å². The summed E-state index contributed by atoms with van der Waals surface area (Å²) in [7, 11) is -3.24. The highest BCUT2D eigenvalue weighted by molar-refractivity contribution is 7.89. The van der Waals surface area contributed by atoms with E-state index in [9.17, 15) is 13.2 Å². The molecule has 92 valence electrons. The molecule has 0 bridgehead atoms. The smallest absolute Gasteiger partial charge is 0.224 e. The number of carbonyl (C=O) groups excluding carboxylic acids is 1. The molecule has 2 fully saturated rings. The molecule has 0 saturated carbocycles. The SMILES string of the molecule is CC(C)S(=O)(=O)N1CCCC2C(=O)NCC21. The average molecular weight is 246 g/mol. The lowest BCUT2D eigenvalue weighted by molar-refractivity contribution is -0.123. The molecular weight excluding hydrogens is 228 g/mol. The second-order valence-electron chi connectivity index (χ2n) is 4.77. The molecule has 2 unspecified atom stereocenters.